The molecule has 0 aliphatic heterocycles. The number of carbonyl (C=O) groups is 2. The predicted octanol–water partition coefficient (Wildman–Crippen LogP) is 4.85. The predicted molar refractivity (Wildman–Crippen MR) is 144 cm³/mol. The van der Waals surface area contributed by atoms with Gasteiger partial charge in [0.25, 0.3) is 5.88 Å². The van der Waals surface area contributed by atoms with Crippen LogP contribution in [0.1, 0.15) is 68.1 Å². The molecule has 8 heteroatoms. The van der Waals surface area contributed by atoms with Gasteiger partial charge in [0.2, 0.25) is 0 Å². The third-order valence-electron chi connectivity index (χ3n) is 7.40. The number of anilines is 2. The summed E-state index contributed by atoms with van der Waals surface area (Å²) < 4.78 is 7.94. The molecule has 2 aliphatic carbocycles. The first-order valence-corrected chi connectivity index (χ1v) is 12.9. The molecule has 1 N–H and O–H groups in total. The summed E-state index contributed by atoms with van der Waals surface area (Å²) in [5.74, 6) is 7.82. The number of carbonyl (C=O) groups excluding carboxylic acids is 1. The molecule has 0 spiro atoms. The summed E-state index contributed by atoms with van der Waals surface area (Å²) in [6.07, 6.45) is 10.1. The van der Waals surface area contributed by atoms with E-state index < -0.39 is 5.97 Å². The molecule has 2 fully saturated rings. The van der Waals surface area contributed by atoms with E-state index in [0.29, 0.717) is 48.8 Å². The maximum Gasteiger partial charge on any atom is 0.308 e. The minimum absolute atomic E-state index is 0.140. The first kappa shape index (κ1) is 25.4. The summed E-state index contributed by atoms with van der Waals surface area (Å²) in [4.78, 5) is 31.2. The van der Waals surface area contributed by atoms with Gasteiger partial charge in [0.1, 0.15) is 11.9 Å². The van der Waals surface area contributed by atoms with Gasteiger partial charge in [-0.25, -0.2) is 4.98 Å². The topological polar surface area (TPSA) is 97.6 Å². The number of aryl methyl sites for hydroxylation is 2. The zero-order chi connectivity index (χ0) is 27.0. The van der Waals surface area contributed by atoms with E-state index in [1.54, 1.807) is 22.6 Å². The molecule has 1 aromatic carbocycles. The van der Waals surface area contributed by atoms with Crippen LogP contribution in [0.2, 0.25) is 0 Å². The van der Waals surface area contributed by atoms with Gasteiger partial charge in [0.05, 0.1) is 17.1 Å². The number of nitrogens with zero attached hydrogens (tertiary/aromatic N) is 4. The Kier molecular flexibility index (Phi) is 6.82. The van der Waals surface area contributed by atoms with E-state index in [1.165, 1.54) is 0 Å². The van der Waals surface area contributed by atoms with Crippen LogP contribution >= 0.6 is 0 Å². The quantitative estimate of drug-likeness (QED) is 0.477. The molecule has 0 saturated heterocycles. The highest BCUT2D eigenvalue weighted by Gasteiger charge is 2.32. The average molecular weight is 511 g/mol. The van der Waals surface area contributed by atoms with Crippen molar-refractivity contribution < 1.29 is 19.4 Å². The van der Waals surface area contributed by atoms with Crippen molar-refractivity contribution in [1.29, 1.82) is 0 Å². The van der Waals surface area contributed by atoms with Crippen molar-refractivity contribution in [3.63, 3.8) is 0 Å². The summed E-state index contributed by atoms with van der Waals surface area (Å²) >= 11 is 0. The molecule has 0 bridgehead atoms. The van der Waals surface area contributed by atoms with Crippen LogP contribution in [-0.2, 0) is 16.6 Å². The molecule has 194 valence electrons. The fraction of sp³-hybridized carbons (Fsp3) is 0.400. The molecule has 2 heterocycles. The van der Waals surface area contributed by atoms with Crippen molar-refractivity contribution >= 4 is 34.4 Å². The lowest BCUT2D eigenvalue weighted by molar-refractivity contribution is -0.143. The van der Waals surface area contributed by atoms with Crippen molar-refractivity contribution in [2.45, 2.75) is 64.4 Å². The number of terminal acetylenes is 1. The average Bonchev–Trinajstić information content (AvgIpc) is 3.70. The lowest BCUT2D eigenvalue weighted by atomic mass is 9.87. The molecule has 0 radical (unpaired) electrons. The maximum atomic E-state index is 13.4. The number of benzene rings is 1. The molecule has 3 aromatic rings. The lowest BCUT2D eigenvalue weighted by Gasteiger charge is -2.26. The Balaban J connectivity index is 1.56. The fourth-order valence-corrected chi connectivity index (χ4v) is 5.17. The number of fused-ring (bicyclic) bond motifs is 1. The number of aliphatic carboxylic acids is 1. The Morgan fingerprint density at radius 3 is 2.53 bits per heavy atom. The highest BCUT2D eigenvalue weighted by molar-refractivity contribution is 6.11. The van der Waals surface area contributed by atoms with Gasteiger partial charge in [0.15, 0.2) is 5.52 Å². The number of ether oxygens (including phenoxy) is 1. The normalized spacial score (nSPS) is 18.8. The number of carboxylic acids is 1. The van der Waals surface area contributed by atoms with E-state index in [2.05, 4.69) is 22.9 Å². The summed E-state index contributed by atoms with van der Waals surface area (Å²) in [6, 6.07) is 7.62. The van der Waals surface area contributed by atoms with Crippen molar-refractivity contribution in [1.82, 2.24) is 14.8 Å². The third-order valence-corrected chi connectivity index (χ3v) is 7.40. The van der Waals surface area contributed by atoms with Crippen molar-refractivity contribution in [3.8, 4) is 30.1 Å². The Morgan fingerprint density at radius 2 is 1.89 bits per heavy atom. The highest BCUT2D eigenvalue weighted by Crippen LogP contribution is 2.46. The molecule has 38 heavy (non-hydrogen) atoms. The van der Waals surface area contributed by atoms with Gasteiger partial charge >= 0.3 is 11.9 Å². The summed E-state index contributed by atoms with van der Waals surface area (Å²) in [5, 5.41) is 13.9. The molecule has 0 unspecified atom stereocenters. The molecular weight excluding hydrogens is 480 g/mol. The maximum absolute atomic E-state index is 13.4. The first-order chi connectivity index (χ1) is 18.3. The third kappa shape index (κ3) is 4.82. The van der Waals surface area contributed by atoms with Gasteiger partial charge < -0.3 is 9.84 Å². The lowest BCUT2D eigenvalue weighted by Crippen LogP contribution is -2.28. The minimum atomic E-state index is -0.755. The second kappa shape index (κ2) is 10.2. The minimum Gasteiger partial charge on any atom is -0.481 e. The van der Waals surface area contributed by atoms with Crippen LogP contribution in [0.5, 0.6) is 5.88 Å². The standard InChI is InChI=1S/C30H30N4O4/c1-5-7-27(35)34(25-16-18(3)19(6-2)17-23(25)20-8-9-20)26-15-14-24-28(31-26)29(32-33(24)4)38-22-12-10-21(11-13-22)30(36)37/h2,14-17,20-22H,8-13H2,1,3-4H3,(H,36,37). The largest absolute Gasteiger partial charge is 0.481 e. The summed E-state index contributed by atoms with van der Waals surface area (Å²) in [7, 11) is 1.82. The van der Waals surface area contributed by atoms with Crippen molar-refractivity contribution in [2.75, 3.05) is 4.90 Å². The smallest absolute Gasteiger partial charge is 0.308 e. The van der Waals surface area contributed by atoms with E-state index in [9.17, 15) is 14.7 Å². The molecule has 2 aromatic heterocycles. The number of pyridine rings is 1. The molecule has 0 atom stereocenters. The molecule has 5 rings (SSSR count). The van der Waals surface area contributed by atoms with E-state index in [1.807, 2.05) is 32.2 Å². The summed E-state index contributed by atoms with van der Waals surface area (Å²) in [5.41, 5.74) is 4.78. The fourth-order valence-electron chi connectivity index (χ4n) is 5.17. The second-order valence-corrected chi connectivity index (χ2v) is 10.1. The number of hydrogen-bond donors (Lipinski definition) is 1. The number of aromatic nitrogens is 3. The summed E-state index contributed by atoms with van der Waals surface area (Å²) in [6.45, 7) is 3.57. The zero-order valence-electron chi connectivity index (χ0n) is 21.8. The monoisotopic (exact) mass is 510 g/mol. The van der Waals surface area contributed by atoms with Crippen LogP contribution in [0.4, 0.5) is 11.5 Å². The van der Waals surface area contributed by atoms with Gasteiger partial charge in [-0.2, -0.15) is 0 Å². The van der Waals surface area contributed by atoms with Gasteiger partial charge in [-0.15, -0.1) is 11.5 Å². The van der Waals surface area contributed by atoms with Crippen LogP contribution in [-0.4, -0.2) is 37.9 Å². The number of carboxylic acid groups (broad SMARTS) is 1. The van der Waals surface area contributed by atoms with Crippen molar-refractivity contribution in [2.24, 2.45) is 13.0 Å². The molecule has 2 saturated carbocycles. The van der Waals surface area contributed by atoms with Gasteiger partial charge in [-0.3, -0.25) is 19.2 Å². The number of amides is 1. The van der Waals surface area contributed by atoms with Gasteiger partial charge in [-0.1, -0.05) is 11.8 Å². The van der Waals surface area contributed by atoms with E-state index in [-0.39, 0.29) is 17.9 Å². The number of rotatable bonds is 6. The number of hydrogen-bond acceptors (Lipinski definition) is 5. The van der Waals surface area contributed by atoms with E-state index >= 15 is 0 Å². The van der Waals surface area contributed by atoms with Gasteiger partial charge in [-0.05, 0) is 99.6 Å². The molecule has 1 amide bonds. The molecular formula is C30H30N4O4. The Bertz CT molecular complexity index is 1530. The second-order valence-electron chi connectivity index (χ2n) is 10.1. The zero-order valence-corrected chi connectivity index (χ0v) is 21.8. The molecule has 8 nitrogen and oxygen atoms in total. The Morgan fingerprint density at radius 1 is 1.16 bits per heavy atom. The van der Waals surface area contributed by atoms with Gasteiger partial charge in [0, 0.05) is 12.6 Å². The van der Waals surface area contributed by atoms with E-state index in [0.717, 1.165) is 40.7 Å². The van der Waals surface area contributed by atoms with Crippen LogP contribution in [0.15, 0.2) is 24.3 Å². The highest BCUT2D eigenvalue weighted by atomic mass is 16.5. The van der Waals surface area contributed by atoms with E-state index in [4.69, 9.17) is 16.1 Å². The SMILES string of the molecule is C#Cc1cc(C2CC2)c(N(C(=O)C#CC)c2ccc3c(n2)c(OC2CCC(C(=O)O)CC2)nn3C)cc1C. The van der Waals surface area contributed by atoms with Crippen LogP contribution in [0.25, 0.3) is 11.0 Å². The van der Waals surface area contributed by atoms with Crippen LogP contribution < -0.4 is 9.64 Å². The Labute approximate surface area is 222 Å². The first-order valence-electron chi connectivity index (χ1n) is 12.9. The Hall–Kier alpha value is -4.30. The van der Waals surface area contributed by atoms with Crippen LogP contribution in [0.3, 0.4) is 0 Å². The van der Waals surface area contributed by atoms with Crippen molar-refractivity contribution in [3.05, 3.63) is 41.0 Å². The van der Waals surface area contributed by atoms with Crippen LogP contribution in [0, 0.1) is 37.0 Å². The molecule has 2 aliphatic rings.